The third-order valence-electron chi connectivity index (χ3n) is 5.82. The van der Waals surface area contributed by atoms with Gasteiger partial charge in [-0.3, -0.25) is 0 Å². The number of aromatic nitrogens is 1. The molecule has 5 nitrogen and oxygen atoms in total. The van der Waals surface area contributed by atoms with Gasteiger partial charge in [0.25, 0.3) is 8.32 Å². The molecule has 0 fully saturated rings. The number of oxazole rings is 1. The number of benzene rings is 2. The van der Waals surface area contributed by atoms with Gasteiger partial charge in [-0.1, -0.05) is 87.5 Å². The van der Waals surface area contributed by atoms with Crippen molar-refractivity contribution in [3.8, 4) is 6.07 Å². The molecule has 0 aliphatic carbocycles. The zero-order valence-corrected chi connectivity index (χ0v) is 20.6. The minimum Gasteiger partial charge on any atom is -0.447 e. The van der Waals surface area contributed by atoms with Crippen LogP contribution in [0.5, 0.6) is 0 Å². The number of nitriles is 1. The van der Waals surface area contributed by atoms with Crippen molar-refractivity contribution in [1.29, 1.82) is 5.26 Å². The molecule has 0 saturated carbocycles. The van der Waals surface area contributed by atoms with E-state index in [-0.39, 0.29) is 17.6 Å². The maximum absolute atomic E-state index is 10.9. The molecule has 33 heavy (non-hydrogen) atoms. The van der Waals surface area contributed by atoms with E-state index in [4.69, 9.17) is 14.1 Å². The fourth-order valence-electron chi connectivity index (χ4n) is 4.32. The predicted octanol–water partition coefficient (Wildman–Crippen LogP) is 4.69. The molecule has 2 aromatic carbocycles. The molecule has 172 valence electrons. The summed E-state index contributed by atoms with van der Waals surface area (Å²) in [5, 5.41) is 22.0. The molecule has 2 atom stereocenters. The Labute approximate surface area is 197 Å². The Hall–Kier alpha value is -2.98. The summed E-state index contributed by atoms with van der Waals surface area (Å²) < 4.78 is 12.5. The van der Waals surface area contributed by atoms with Crippen LogP contribution in [-0.2, 0) is 10.8 Å². The largest absolute Gasteiger partial charge is 0.447 e. The van der Waals surface area contributed by atoms with Gasteiger partial charge in [-0.05, 0) is 21.8 Å². The van der Waals surface area contributed by atoms with Crippen molar-refractivity contribution in [3.05, 3.63) is 91.2 Å². The summed E-state index contributed by atoms with van der Waals surface area (Å²) in [6.07, 6.45) is 3.11. The van der Waals surface area contributed by atoms with Crippen molar-refractivity contribution in [2.24, 2.45) is 0 Å². The van der Waals surface area contributed by atoms with Crippen molar-refractivity contribution in [2.75, 3.05) is 0 Å². The Morgan fingerprint density at radius 3 is 2.18 bits per heavy atom. The van der Waals surface area contributed by atoms with Crippen LogP contribution in [-0.4, -0.2) is 24.5 Å². The summed E-state index contributed by atoms with van der Waals surface area (Å²) in [6.45, 7) is 10.6. The van der Waals surface area contributed by atoms with E-state index in [9.17, 15) is 5.11 Å². The predicted molar refractivity (Wildman–Crippen MR) is 133 cm³/mol. The first-order valence-electron chi connectivity index (χ1n) is 11.2. The molecule has 1 aromatic heterocycles. The van der Waals surface area contributed by atoms with Crippen LogP contribution < -0.4 is 10.4 Å². The maximum atomic E-state index is 10.9. The highest BCUT2D eigenvalue weighted by atomic mass is 28.4. The van der Waals surface area contributed by atoms with E-state index < -0.39 is 14.4 Å². The number of nitrogens with zero attached hydrogens (tertiary/aromatic N) is 2. The summed E-state index contributed by atoms with van der Waals surface area (Å²) in [6, 6.07) is 22.9. The molecular formula is C27H32N2O3Si. The van der Waals surface area contributed by atoms with Crippen molar-refractivity contribution >= 4 is 18.7 Å². The first-order valence-corrected chi connectivity index (χ1v) is 13.1. The molecule has 3 aromatic rings. The summed E-state index contributed by atoms with van der Waals surface area (Å²) in [7, 11) is -2.77. The fourth-order valence-corrected chi connectivity index (χ4v) is 9.02. The van der Waals surface area contributed by atoms with Crippen molar-refractivity contribution in [3.63, 3.8) is 0 Å². The van der Waals surface area contributed by atoms with E-state index >= 15 is 0 Å². The third-order valence-corrected chi connectivity index (χ3v) is 10.9. The number of rotatable bonds is 10. The molecule has 0 unspecified atom stereocenters. The number of hydrogen-bond donors (Lipinski definition) is 1. The smallest absolute Gasteiger partial charge is 0.261 e. The lowest BCUT2D eigenvalue weighted by atomic mass is 10.1. The number of aliphatic hydroxyl groups is 1. The van der Waals surface area contributed by atoms with Gasteiger partial charge in [0.15, 0.2) is 0 Å². The van der Waals surface area contributed by atoms with Gasteiger partial charge < -0.3 is 13.9 Å². The van der Waals surface area contributed by atoms with E-state index in [1.54, 1.807) is 0 Å². The quantitative estimate of drug-likeness (QED) is 0.351. The monoisotopic (exact) mass is 460 g/mol. The number of hydrogen-bond acceptors (Lipinski definition) is 5. The second kappa shape index (κ2) is 10.8. The molecule has 0 radical (unpaired) electrons. The molecule has 0 aliphatic rings. The number of aliphatic hydroxyl groups excluding tert-OH is 1. The van der Waals surface area contributed by atoms with Gasteiger partial charge in [-0.25, -0.2) is 4.98 Å². The minimum atomic E-state index is -2.77. The van der Waals surface area contributed by atoms with Gasteiger partial charge in [0.1, 0.15) is 24.5 Å². The van der Waals surface area contributed by atoms with Gasteiger partial charge in [-0.15, -0.1) is 6.58 Å². The van der Waals surface area contributed by atoms with E-state index in [1.807, 2.05) is 24.3 Å². The highest BCUT2D eigenvalue weighted by molar-refractivity contribution is 6.99. The Bertz CT molecular complexity index is 1030. The van der Waals surface area contributed by atoms with Gasteiger partial charge in [0, 0.05) is 6.42 Å². The Morgan fingerprint density at radius 2 is 1.70 bits per heavy atom. The lowest BCUT2D eigenvalue weighted by Gasteiger charge is -2.45. The van der Waals surface area contributed by atoms with Crippen LogP contribution in [0.3, 0.4) is 0 Å². The Morgan fingerprint density at radius 1 is 1.12 bits per heavy atom. The van der Waals surface area contributed by atoms with E-state index in [2.05, 4.69) is 80.9 Å². The first kappa shape index (κ1) is 24.7. The second-order valence-corrected chi connectivity index (χ2v) is 13.4. The molecule has 1 N–H and O–H groups in total. The lowest BCUT2D eigenvalue weighted by molar-refractivity contribution is 0.0876. The molecule has 6 heteroatoms. The van der Waals surface area contributed by atoms with E-state index in [0.717, 1.165) is 0 Å². The highest BCUT2D eigenvalue weighted by Gasteiger charge is 2.51. The van der Waals surface area contributed by atoms with Gasteiger partial charge >= 0.3 is 0 Å². The summed E-state index contributed by atoms with van der Waals surface area (Å²) in [5.74, 6) is 0.305. The third kappa shape index (κ3) is 5.51. The van der Waals surface area contributed by atoms with Crippen LogP contribution in [0.4, 0.5) is 0 Å². The van der Waals surface area contributed by atoms with Crippen molar-refractivity contribution in [2.45, 2.75) is 57.3 Å². The highest BCUT2D eigenvalue weighted by Crippen LogP contribution is 2.39. The average molecular weight is 461 g/mol. The zero-order chi connectivity index (χ0) is 23.9. The van der Waals surface area contributed by atoms with Crippen LogP contribution in [0.2, 0.25) is 5.04 Å². The summed E-state index contributed by atoms with van der Waals surface area (Å²) in [4.78, 5) is 4.27. The normalized spacial score (nSPS) is 13.8. The maximum Gasteiger partial charge on any atom is 0.261 e. The second-order valence-electron chi connectivity index (χ2n) is 9.18. The molecule has 0 aliphatic heterocycles. The first-order chi connectivity index (χ1) is 15.8. The van der Waals surface area contributed by atoms with Crippen LogP contribution in [0.25, 0.3) is 0 Å². The Kier molecular flexibility index (Phi) is 8.04. The lowest BCUT2D eigenvalue weighted by Crippen LogP contribution is -2.67. The fraction of sp³-hybridized carbons (Fsp3) is 0.333. The van der Waals surface area contributed by atoms with Crippen LogP contribution in [0.1, 0.15) is 51.3 Å². The zero-order valence-electron chi connectivity index (χ0n) is 19.6. The van der Waals surface area contributed by atoms with Crippen LogP contribution >= 0.6 is 0 Å². The molecule has 0 bridgehead atoms. The van der Waals surface area contributed by atoms with Gasteiger partial charge in [-0.2, -0.15) is 5.26 Å². The Balaban J connectivity index is 2.01. The van der Waals surface area contributed by atoms with Gasteiger partial charge in [0.05, 0.1) is 12.2 Å². The summed E-state index contributed by atoms with van der Waals surface area (Å²) >= 11 is 0. The van der Waals surface area contributed by atoms with Gasteiger partial charge in [0.2, 0.25) is 5.89 Å². The van der Waals surface area contributed by atoms with Crippen LogP contribution in [0.15, 0.2) is 84.0 Å². The molecule has 0 amide bonds. The molecular weight excluding hydrogens is 428 g/mol. The minimum absolute atomic E-state index is 0.0708. The molecule has 1 heterocycles. The molecule has 3 rings (SSSR count). The summed E-state index contributed by atoms with van der Waals surface area (Å²) in [5.41, 5.74) is 0.417. The van der Waals surface area contributed by atoms with Crippen molar-refractivity contribution < 1.29 is 13.9 Å². The van der Waals surface area contributed by atoms with E-state index in [1.165, 1.54) is 16.6 Å². The standard InChI is InChI=1S/C27H32N2O3Si/c1-5-12-21(19-25(30)24-20-31-26(29-24)17-18-28)32-33(27(2,3)4,22-13-8-6-9-14-22)23-15-10-7-11-16-23/h5-11,13-16,20-21,25,30H,1,12,17,19H2,2-4H3/t21-,25-/m1/s1. The van der Waals surface area contributed by atoms with E-state index in [0.29, 0.717) is 24.4 Å². The van der Waals surface area contributed by atoms with Crippen LogP contribution in [0, 0.1) is 11.3 Å². The topological polar surface area (TPSA) is 79.3 Å². The van der Waals surface area contributed by atoms with Crippen molar-refractivity contribution in [1.82, 2.24) is 4.98 Å². The SMILES string of the molecule is C=CC[C@H](C[C@@H](O)c1coc(CC#N)n1)O[Si](c1ccccc1)(c1ccccc1)C(C)(C)C. The molecule has 0 saturated heterocycles. The molecule has 0 spiro atoms. The average Bonchev–Trinajstić information content (AvgIpc) is 3.27.